The van der Waals surface area contributed by atoms with Crippen molar-refractivity contribution in [3.63, 3.8) is 0 Å². The highest BCUT2D eigenvalue weighted by Gasteiger charge is 2.14. The minimum Gasteiger partial charge on any atom is -0.355 e. The standard InChI is InChI=1S/C21H16N4O3/c22-21(27)24-16-8-4-7-15(12-16)23-20(26)14-9-10-18-17(11-14)19(28-25-18)13-5-2-1-3-6-13/h1-12H,(H,23,26)(H3,22,24,27). The number of carbonyl (C=O) groups excluding carboxylic acids is 2. The van der Waals surface area contributed by atoms with Crippen LogP contribution in [0.3, 0.4) is 0 Å². The van der Waals surface area contributed by atoms with E-state index >= 15 is 0 Å². The smallest absolute Gasteiger partial charge is 0.316 e. The molecule has 7 heteroatoms. The summed E-state index contributed by atoms with van der Waals surface area (Å²) in [4.78, 5) is 23.7. The van der Waals surface area contributed by atoms with Crippen LogP contribution in [0.15, 0.2) is 77.3 Å². The topological polar surface area (TPSA) is 110 Å². The molecule has 3 amide bonds. The number of nitrogens with zero attached hydrogens (tertiary/aromatic N) is 1. The summed E-state index contributed by atoms with van der Waals surface area (Å²) in [6, 6.07) is 20.8. The van der Waals surface area contributed by atoms with Crippen molar-refractivity contribution in [1.82, 2.24) is 5.16 Å². The molecule has 4 aromatic rings. The molecule has 0 radical (unpaired) electrons. The first-order chi connectivity index (χ1) is 13.6. The predicted molar refractivity (Wildman–Crippen MR) is 107 cm³/mol. The second-order valence-corrected chi connectivity index (χ2v) is 6.13. The van der Waals surface area contributed by atoms with Gasteiger partial charge in [0.2, 0.25) is 0 Å². The summed E-state index contributed by atoms with van der Waals surface area (Å²) in [7, 11) is 0. The zero-order valence-electron chi connectivity index (χ0n) is 14.7. The second-order valence-electron chi connectivity index (χ2n) is 6.13. The van der Waals surface area contributed by atoms with Crippen molar-refractivity contribution in [2.75, 3.05) is 10.6 Å². The number of urea groups is 1. The van der Waals surface area contributed by atoms with E-state index in [0.29, 0.717) is 28.2 Å². The molecular formula is C21H16N4O3. The molecule has 0 spiro atoms. The number of nitrogens with one attached hydrogen (secondary N) is 2. The van der Waals surface area contributed by atoms with Crippen LogP contribution >= 0.6 is 0 Å². The number of hydrogen-bond donors (Lipinski definition) is 3. The number of rotatable bonds is 4. The zero-order valence-corrected chi connectivity index (χ0v) is 14.7. The van der Waals surface area contributed by atoms with Gasteiger partial charge in [-0.3, -0.25) is 4.79 Å². The molecule has 0 unspecified atom stereocenters. The van der Waals surface area contributed by atoms with Gasteiger partial charge in [-0.2, -0.15) is 0 Å². The minimum absolute atomic E-state index is 0.293. The van der Waals surface area contributed by atoms with E-state index in [9.17, 15) is 9.59 Å². The maximum absolute atomic E-state index is 12.7. The minimum atomic E-state index is -0.671. The Morgan fingerprint density at radius 1 is 0.857 bits per heavy atom. The molecule has 4 N–H and O–H groups in total. The largest absolute Gasteiger partial charge is 0.355 e. The van der Waals surface area contributed by atoms with Crippen LogP contribution in [0.2, 0.25) is 0 Å². The summed E-state index contributed by atoms with van der Waals surface area (Å²) >= 11 is 0. The van der Waals surface area contributed by atoms with Crippen LogP contribution in [0.1, 0.15) is 10.4 Å². The van der Waals surface area contributed by atoms with E-state index in [2.05, 4.69) is 15.8 Å². The first-order valence-electron chi connectivity index (χ1n) is 8.53. The van der Waals surface area contributed by atoms with Gasteiger partial charge in [-0.05, 0) is 36.4 Å². The molecule has 0 bridgehead atoms. The van der Waals surface area contributed by atoms with Gasteiger partial charge in [0.15, 0.2) is 5.76 Å². The Balaban J connectivity index is 1.62. The van der Waals surface area contributed by atoms with Gasteiger partial charge >= 0.3 is 6.03 Å². The summed E-state index contributed by atoms with van der Waals surface area (Å²) in [6.07, 6.45) is 0. The van der Waals surface area contributed by atoms with Crippen LogP contribution in [-0.4, -0.2) is 17.1 Å². The van der Waals surface area contributed by atoms with Crippen LogP contribution in [0.4, 0.5) is 16.2 Å². The van der Waals surface area contributed by atoms with E-state index in [-0.39, 0.29) is 5.91 Å². The number of fused-ring (bicyclic) bond motifs is 1. The predicted octanol–water partition coefficient (Wildman–Crippen LogP) is 4.24. The summed E-state index contributed by atoms with van der Waals surface area (Å²) in [5, 5.41) is 10.1. The third kappa shape index (κ3) is 3.54. The molecular weight excluding hydrogens is 356 g/mol. The molecule has 28 heavy (non-hydrogen) atoms. The van der Waals surface area contributed by atoms with Gasteiger partial charge < -0.3 is 20.9 Å². The van der Waals surface area contributed by atoms with Crippen LogP contribution in [0, 0.1) is 0 Å². The molecule has 0 fully saturated rings. The lowest BCUT2D eigenvalue weighted by atomic mass is 10.1. The van der Waals surface area contributed by atoms with Gasteiger partial charge in [-0.25, -0.2) is 4.79 Å². The third-order valence-corrected chi connectivity index (χ3v) is 4.16. The van der Waals surface area contributed by atoms with E-state index in [1.165, 1.54) is 0 Å². The van der Waals surface area contributed by atoms with Crippen LogP contribution in [-0.2, 0) is 0 Å². The fourth-order valence-corrected chi connectivity index (χ4v) is 2.90. The van der Waals surface area contributed by atoms with E-state index in [4.69, 9.17) is 10.3 Å². The Morgan fingerprint density at radius 3 is 2.36 bits per heavy atom. The summed E-state index contributed by atoms with van der Waals surface area (Å²) in [5.74, 6) is 0.316. The Labute approximate surface area is 160 Å². The molecule has 0 saturated carbocycles. The molecule has 1 aromatic heterocycles. The van der Waals surface area contributed by atoms with Crippen molar-refractivity contribution in [3.8, 4) is 11.3 Å². The van der Waals surface area contributed by atoms with Gasteiger partial charge in [0, 0.05) is 22.5 Å². The molecule has 0 saturated heterocycles. The lowest BCUT2D eigenvalue weighted by Gasteiger charge is -2.08. The molecule has 0 aliphatic rings. The number of amides is 3. The van der Waals surface area contributed by atoms with Crippen molar-refractivity contribution in [2.45, 2.75) is 0 Å². The third-order valence-electron chi connectivity index (χ3n) is 4.16. The number of primary amides is 1. The highest BCUT2D eigenvalue weighted by atomic mass is 16.5. The number of hydrogen-bond acceptors (Lipinski definition) is 4. The number of nitrogens with two attached hydrogens (primary N) is 1. The van der Waals surface area contributed by atoms with Gasteiger partial charge in [0.05, 0.1) is 5.39 Å². The normalized spacial score (nSPS) is 10.6. The SMILES string of the molecule is NC(=O)Nc1cccc(NC(=O)c2ccc3noc(-c4ccccc4)c3c2)c1. The van der Waals surface area contributed by atoms with Crippen molar-refractivity contribution in [3.05, 3.63) is 78.4 Å². The highest BCUT2D eigenvalue weighted by Crippen LogP contribution is 2.29. The van der Waals surface area contributed by atoms with Crippen molar-refractivity contribution in [1.29, 1.82) is 0 Å². The van der Waals surface area contributed by atoms with Gasteiger partial charge in [-0.1, -0.05) is 41.6 Å². The number of benzene rings is 3. The van der Waals surface area contributed by atoms with Crippen molar-refractivity contribution < 1.29 is 14.1 Å². The summed E-state index contributed by atoms with van der Waals surface area (Å²) in [5.41, 5.74) is 8.15. The van der Waals surface area contributed by atoms with Crippen LogP contribution < -0.4 is 16.4 Å². The Kier molecular flexibility index (Phi) is 4.47. The van der Waals surface area contributed by atoms with Gasteiger partial charge in [0.25, 0.3) is 5.91 Å². The van der Waals surface area contributed by atoms with Crippen molar-refractivity contribution >= 4 is 34.2 Å². The van der Waals surface area contributed by atoms with Crippen molar-refractivity contribution in [2.24, 2.45) is 5.73 Å². The molecule has 138 valence electrons. The maximum Gasteiger partial charge on any atom is 0.316 e. The molecule has 1 heterocycles. The first-order valence-corrected chi connectivity index (χ1v) is 8.53. The molecule has 0 atom stereocenters. The van der Waals surface area contributed by atoms with Crippen LogP contribution in [0.5, 0.6) is 0 Å². The fraction of sp³-hybridized carbons (Fsp3) is 0. The number of aromatic nitrogens is 1. The van der Waals surface area contributed by atoms with Gasteiger partial charge in [0.1, 0.15) is 5.52 Å². The van der Waals surface area contributed by atoms with Gasteiger partial charge in [-0.15, -0.1) is 0 Å². The molecule has 0 aliphatic carbocycles. The van der Waals surface area contributed by atoms with E-state index in [1.807, 2.05) is 30.3 Å². The lowest BCUT2D eigenvalue weighted by Crippen LogP contribution is -2.19. The Bertz CT molecular complexity index is 1170. The Hall–Kier alpha value is -4.13. The lowest BCUT2D eigenvalue weighted by molar-refractivity contribution is 0.102. The quantitative estimate of drug-likeness (QED) is 0.497. The highest BCUT2D eigenvalue weighted by molar-refractivity contribution is 6.07. The van der Waals surface area contributed by atoms with E-state index < -0.39 is 6.03 Å². The monoisotopic (exact) mass is 372 g/mol. The average molecular weight is 372 g/mol. The fourth-order valence-electron chi connectivity index (χ4n) is 2.90. The molecule has 7 nitrogen and oxygen atoms in total. The molecule has 3 aromatic carbocycles. The van der Waals surface area contributed by atoms with Crippen LogP contribution in [0.25, 0.3) is 22.2 Å². The second kappa shape index (κ2) is 7.24. The zero-order chi connectivity index (χ0) is 19.5. The first kappa shape index (κ1) is 17.3. The summed E-state index contributed by atoms with van der Waals surface area (Å²) < 4.78 is 5.47. The summed E-state index contributed by atoms with van der Waals surface area (Å²) in [6.45, 7) is 0. The van der Waals surface area contributed by atoms with E-state index in [1.54, 1.807) is 42.5 Å². The molecule has 4 rings (SSSR count). The maximum atomic E-state index is 12.7. The average Bonchev–Trinajstić information content (AvgIpc) is 3.11. The number of anilines is 2. The Morgan fingerprint density at radius 2 is 1.61 bits per heavy atom. The van der Waals surface area contributed by atoms with E-state index in [0.717, 1.165) is 10.9 Å². The number of carbonyl (C=O) groups is 2. The molecule has 0 aliphatic heterocycles.